The average molecular weight is 218 g/mol. The van der Waals surface area contributed by atoms with Gasteiger partial charge in [0.05, 0.1) is 17.9 Å². The largest absolute Gasteiger partial charge is 0.508 e. The van der Waals surface area contributed by atoms with Crippen molar-refractivity contribution in [3.63, 3.8) is 0 Å². The van der Waals surface area contributed by atoms with Crippen molar-refractivity contribution >= 4 is 0 Å². The predicted octanol–water partition coefficient (Wildman–Crippen LogP) is 0.799. The van der Waals surface area contributed by atoms with Gasteiger partial charge in [0, 0.05) is 6.54 Å². The van der Waals surface area contributed by atoms with Crippen LogP contribution in [0.4, 0.5) is 0 Å². The van der Waals surface area contributed by atoms with Gasteiger partial charge in [-0.05, 0) is 24.6 Å². The van der Waals surface area contributed by atoms with Crippen LogP contribution in [0.3, 0.4) is 0 Å². The highest BCUT2D eigenvalue weighted by Crippen LogP contribution is 2.12. The third-order valence-electron chi connectivity index (χ3n) is 2.54. The summed E-state index contributed by atoms with van der Waals surface area (Å²) in [5, 5.41) is 17.2. The molecule has 0 aliphatic heterocycles. The van der Waals surface area contributed by atoms with E-state index in [1.807, 2.05) is 19.1 Å². The minimum atomic E-state index is 0.265. The number of hydrogen-bond donors (Lipinski definition) is 2. The van der Waals surface area contributed by atoms with Gasteiger partial charge in [0.1, 0.15) is 5.75 Å². The van der Waals surface area contributed by atoms with Crippen molar-refractivity contribution in [2.45, 2.75) is 20.0 Å². The van der Waals surface area contributed by atoms with Gasteiger partial charge >= 0.3 is 0 Å². The van der Waals surface area contributed by atoms with E-state index in [9.17, 15) is 0 Å². The van der Waals surface area contributed by atoms with E-state index in [0.717, 1.165) is 17.0 Å². The van der Waals surface area contributed by atoms with Crippen molar-refractivity contribution in [1.82, 2.24) is 15.0 Å². The number of aromatic nitrogens is 3. The first-order chi connectivity index (χ1) is 7.70. The summed E-state index contributed by atoms with van der Waals surface area (Å²) in [6.07, 6.45) is 0. The summed E-state index contributed by atoms with van der Waals surface area (Å²) in [5.41, 5.74) is 8.39. The Kier molecular flexibility index (Phi) is 2.87. The molecule has 0 radical (unpaired) electrons. The standard InChI is InChI=1S/C11H14N4O/c1-8-11(6-12)13-14-15(8)7-9-2-4-10(16)5-3-9/h2-5,16H,6-7,12H2,1H3. The zero-order chi connectivity index (χ0) is 11.5. The third kappa shape index (κ3) is 2.04. The molecule has 84 valence electrons. The first-order valence-electron chi connectivity index (χ1n) is 5.07. The summed E-state index contributed by atoms with van der Waals surface area (Å²) in [6, 6.07) is 7.04. The van der Waals surface area contributed by atoms with Gasteiger partial charge in [0.2, 0.25) is 0 Å². The zero-order valence-corrected chi connectivity index (χ0v) is 9.09. The van der Waals surface area contributed by atoms with Crippen molar-refractivity contribution in [2.24, 2.45) is 5.73 Å². The summed E-state index contributed by atoms with van der Waals surface area (Å²) in [5.74, 6) is 0.265. The highest BCUT2D eigenvalue weighted by Gasteiger charge is 2.06. The SMILES string of the molecule is Cc1c(CN)nnn1Cc1ccc(O)cc1. The summed E-state index contributed by atoms with van der Waals surface area (Å²) in [7, 11) is 0. The van der Waals surface area contributed by atoms with E-state index in [2.05, 4.69) is 10.3 Å². The Balaban J connectivity index is 2.20. The number of phenols is 1. The van der Waals surface area contributed by atoms with E-state index in [1.54, 1.807) is 16.8 Å². The molecule has 16 heavy (non-hydrogen) atoms. The van der Waals surface area contributed by atoms with E-state index >= 15 is 0 Å². The van der Waals surface area contributed by atoms with E-state index in [-0.39, 0.29) is 5.75 Å². The Morgan fingerprint density at radius 2 is 2.00 bits per heavy atom. The highest BCUT2D eigenvalue weighted by atomic mass is 16.3. The molecule has 0 unspecified atom stereocenters. The maximum Gasteiger partial charge on any atom is 0.115 e. The average Bonchev–Trinajstić information content (AvgIpc) is 2.63. The summed E-state index contributed by atoms with van der Waals surface area (Å²) >= 11 is 0. The maximum absolute atomic E-state index is 9.17. The van der Waals surface area contributed by atoms with Gasteiger partial charge in [0.25, 0.3) is 0 Å². The number of nitrogens with two attached hydrogens (primary N) is 1. The van der Waals surface area contributed by atoms with Gasteiger partial charge in [0.15, 0.2) is 0 Å². The van der Waals surface area contributed by atoms with Crippen molar-refractivity contribution in [2.75, 3.05) is 0 Å². The van der Waals surface area contributed by atoms with Crippen LogP contribution in [0.5, 0.6) is 5.75 Å². The first-order valence-corrected chi connectivity index (χ1v) is 5.07. The van der Waals surface area contributed by atoms with Crippen molar-refractivity contribution in [1.29, 1.82) is 0 Å². The first kappa shape index (κ1) is 10.6. The molecule has 0 spiro atoms. The summed E-state index contributed by atoms with van der Waals surface area (Å²) < 4.78 is 1.80. The Morgan fingerprint density at radius 1 is 1.31 bits per heavy atom. The van der Waals surface area contributed by atoms with Crippen molar-refractivity contribution < 1.29 is 5.11 Å². The molecule has 0 aliphatic carbocycles. The third-order valence-corrected chi connectivity index (χ3v) is 2.54. The molecule has 5 heteroatoms. The topological polar surface area (TPSA) is 77.0 Å². The second-order valence-corrected chi connectivity index (χ2v) is 3.65. The van der Waals surface area contributed by atoms with Crippen molar-refractivity contribution in [3.8, 4) is 5.75 Å². The molecule has 5 nitrogen and oxygen atoms in total. The Hall–Kier alpha value is -1.88. The molecule has 0 fully saturated rings. The molecule has 0 aliphatic rings. The monoisotopic (exact) mass is 218 g/mol. The van der Waals surface area contributed by atoms with Crippen LogP contribution >= 0.6 is 0 Å². The van der Waals surface area contributed by atoms with Gasteiger partial charge in [-0.3, -0.25) is 0 Å². The van der Waals surface area contributed by atoms with Crippen LogP contribution in [0.15, 0.2) is 24.3 Å². The fourth-order valence-electron chi connectivity index (χ4n) is 1.51. The van der Waals surface area contributed by atoms with Crippen LogP contribution in [0, 0.1) is 6.92 Å². The van der Waals surface area contributed by atoms with Gasteiger partial charge < -0.3 is 10.8 Å². The molecular weight excluding hydrogens is 204 g/mol. The molecular formula is C11H14N4O. The fourth-order valence-corrected chi connectivity index (χ4v) is 1.51. The molecule has 0 atom stereocenters. The number of aromatic hydroxyl groups is 1. The van der Waals surface area contributed by atoms with Crippen LogP contribution in [-0.4, -0.2) is 20.1 Å². The van der Waals surface area contributed by atoms with Crippen LogP contribution in [0.2, 0.25) is 0 Å². The molecule has 0 saturated heterocycles. The summed E-state index contributed by atoms with van der Waals surface area (Å²) in [6.45, 7) is 2.99. The lowest BCUT2D eigenvalue weighted by atomic mass is 10.2. The molecule has 0 bridgehead atoms. The molecule has 2 aromatic rings. The molecule has 1 heterocycles. The predicted molar refractivity (Wildman–Crippen MR) is 59.9 cm³/mol. The van der Waals surface area contributed by atoms with Crippen LogP contribution < -0.4 is 5.73 Å². The minimum Gasteiger partial charge on any atom is -0.508 e. The Bertz CT molecular complexity index is 475. The van der Waals surface area contributed by atoms with E-state index in [1.165, 1.54) is 0 Å². The van der Waals surface area contributed by atoms with Gasteiger partial charge in [-0.1, -0.05) is 17.3 Å². The molecule has 0 amide bonds. The van der Waals surface area contributed by atoms with Crippen molar-refractivity contribution in [3.05, 3.63) is 41.2 Å². The van der Waals surface area contributed by atoms with Gasteiger partial charge in [-0.15, -0.1) is 5.10 Å². The van der Waals surface area contributed by atoms with Gasteiger partial charge in [-0.25, -0.2) is 4.68 Å². The molecule has 1 aromatic carbocycles. The quantitative estimate of drug-likeness (QED) is 0.798. The number of rotatable bonds is 3. The Morgan fingerprint density at radius 3 is 2.56 bits per heavy atom. The smallest absolute Gasteiger partial charge is 0.115 e. The lowest BCUT2D eigenvalue weighted by Gasteiger charge is -2.03. The van der Waals surface area contributed by atoms with E-state index in [0.29, 0.717) is 13.1 Å². The molecule has 1 aromatic heterocycles. The number of hydrogen-bond acceptors (Lipinski definition) is 4. The lowest BCUT2D eigenvalue weighted by molar-refractivity contribution is 0.475. The second-order valence-electron chi connectivity index (χ2n) is 3.65. The number of phenolic OH excluding ortho intramolecular Hbond substituents is 1. The second kappa shape index (κ2) is 4.32. The maximum atomic E-state index is 9.17. The fraction of sp³-hybridized carbons (Fsp3) is 0.273. The van der Waals surface area contributed by atoms with E-state index < -0.39 is 0 Å². The summed E-state index contributed by atoms with van der Waals surface area (Å²) in [4.78, 5) is 0. The van der Waals surface area contributed by atoms with Crippen LogP contribution in [0.25, 0.3) is 0 Å². The lowest BCUT2D eigenvalue weighted by Crippen LogP contribution is -2.05. The van der Waals surface area contributed by atoms with Gasteiger partial charge in [-0.2, -0.15) is 0 Å². The highest BCUT2D eigenvalue weighted by molar-refractivity contribution is 5.26. The zero-order valence-electron chi connectivity index (χ0n) is 9.09. The van der Waals surface area contributed by atoms with Crippen LogP contribution in [0.1, 0.15) is 17.0 Å². The number of benzene rings is 1. The van der Waals surface area contributed by atoms with E-state index in [4.69, 9.17) is 10.8 Å². The molecule has 2 rings (SSSR count). The Labute approximate surface area is 93.5 Å². The molecule has 0 saturated carbocycles. The number of nitrogens with zero attached hydrogens (tertiary/aromatic N) is 3. The molecule has 3 N–H and O–H groups in total. The minimum absolute atomic E-state index is 0.265. The normalized spacial score (nSPS) is 10.6. The van der Waals surface area contributed by atoms with Crippen LogP contribution in [-0.2, 0) is 13.1 Å².